The Hall–Kier alpha value is -5.53. The SMILES string of the molecule is C#Cc1cc(Nc2ncnc3cnc(NC(=O)/C=C/C[N+](C)(C)CC4=C([N+](=O)[O-])N=C(C#N)C4)cc23)ccc1F. The van der Waals surface area contributed by atoms with E-state index in [0.29, 0.717) is 39.0 Å². The van der Waals surface area contributed by atoms with Gasteiger partial charge in [-0.3, -0.25) is 4.79 Å². The van der Waals surface area contributed by atoms with Crippen LogP contribution < -0.4 is 10.6 Å². The number of rotatable bonds is 9. The molecule has 3 heterocycles. The van der Waals surface area contributed by atoms with Crippen LogP contribution in [0.3, 0.4) is 0 Å². The quantitative estimate of drug-likeness (QED) is 0.137. The summed E-state index contributed by atoms with van der Waals surface area (Å²) in [5, 5.41) is 26.7. The fraction of sp³-hybridized carbons (Fsp3) is 0.185. The Morgan fingerprint density at radius 1 is 1.30 bits per heavy atom. The van der Waals surface area contributed by atoms with Gasteiger partial charge in [0.2, 0.25) is 11.6 Å². The molecule has 0 unspecified atom stereocenters. The van der Waals surface area contributed by atoms with Gasteiger partial charge in [0.1, 0.15) is 36.4 Å². The molecule has 0 saturated heterocycles. The predicted molar refractivity (Wildman–Crippen MR) is 146 cm³/mol. The number of carbonyl (C=O) groups is 1. The number of aliphatic imine (C=N–C) groups is 1. The molecule has 0 aliphatic carbocycles. The van der Waals surface area contributed by atoms with Crippen LogP contribution in [-0.4, -0.2) is 63.2 Å². The summed E-state index contributed by atoms with van der Waals surface area (Å²) in [4.78, 5) is 39.7. The Bertz CT molecular complexity index is 1700. The normalized spacial score (nSPS) is 13.2. The fourth-order valence-electron chi connectivity index (χ4n) is 4.06. The van der Waals surface area contributed by atoms with Crippen LogP contribution in [0.4, 0.5) is 21.7 Å². The Kier molecular flexibility index (Phi) is 7.89. The molecule has 3 aromatic rings. The third-order valence-electron chi connectivity index (χ3n) is 5.89. The minimum Gasteiger partial charge on any atom is -0.358 e. The van der Waals surface area contributed by atoms with Crippen molar-refractivity contribution in [1.29, 1.82) is 5.26 Å². The number of benzene rings is 1. The minimum atomic E-state index is -0.584. The van der Waals surface area contributed by atoms with E-state index >= 15 is 0 Å². The summed E-state index contributed by atoms with van der Waals surface area (Å²) in [6.45, 7) is 0.671. The average Bonchev–Trinajstić information content (AvgIpc) is 3.32. The molecule has 12 nitrogen and oxygen atoms in total. The third kappa shape index (κ3) is 6.48. The maximum absolute atomic E-state index is 13.8. The second-order valence-electron chi connectivity index (χ2n) is 9.47. The zero-order chi connectivity index (χ0) is 28.9. The number of carbonyl (C=O) groups excluding carboxylic acids is 1. The van der Waals surface area contributed by atoms with Gasteiger partial charge >= 0.3 is 5.82 Å². The molecular weight excluding hydrogens is 517 g/mol. The Balaban J connectivity index is 1.43. The van der Waals surface area contributed by atoms with E-state index < -0.39 is 16.6 Å². The molecule has 1 aliphatic rings. The van der Waals surface area contributed by atoms with Crippen LogP contribution in [0, 0.1) is 39.6 Å². The summed E-state index contributed by atoms with van der Waals surface area (Å²) in [6, 6.07) is 7.73. The van der Waals surface area contributed by atoms with Crippen molar-refractivity contribution in [2.24, 2.45) is 4.99 Å². The number of amides is 1. The van der Waals surface area contributed by atoms with Crippen molar-refractivity contribution in [3.05, 3.63) is 81.8 Å². The number of hydrogen-bond donors (Lipinski definition) is 2. The Morgan fingerprint density at radius 2 is 2.10 bits per heavy atom. The number of hydrogen-bond acceptors (Lipinski definition) is 9. The number of nitriles is 1. The number of quaternary nitrogens is 1. The topological polar surface area (TPSA) is 159 Å². The molecule has 0 radical (unpaired) electrons. The molecule has 0 fully saturated rings. The van der Waals surface area contributed by atoms with Crippen molar-refractivity contribution in [2.45, 2.75) is 6.42 Å². The van der Waals surface area contributed by atoms with Gasteiger partial charge in [0, 0.05) is 17.1 Å². The highest BCUT2D eigenvalue weighted by atomic mass is 19.1. The first-order valence-electron chi connectivity index (χ1n) is 11.9. The Morgan fingerprint density at radius 3 is 2.83 bits per heavy atom. The van der Waals surface area contributed by atoms with Crippen molar-refractivity contribution in [3.63, 3.8) is 0 Å². The van der Waals surface area contributed by atoms with Crippen LogP contribution in [0.25, 0.3) is 10.9 Å². The van der Waals surface area contributed by atoms with Crippen LogP contribution >= 0.6 is 0 Å². The molecule has 4 rings (SSSR count). The van der Waals surface area contributed by atoms with E-state index in [2.05, 4.69) is 36.5 Å². The second kappa shape index (κ2) is 11.5. The summed E-state index contributed by atoms with van der Waals surface area (Å²) in [5.41, 5.74) is 1.72. The molecule has 1 amide bonds. The van der Waals surface area contributed by atoms with E-state index in [-0.39, 0.29) is 35.9 Å². The first kappa shape index (κ1) is 27.5. The van der Waals surface area contributed by atoms with Gasteiger partial charge in [-0.2, -0.15) is 5.26 Å². The largest absolute Gasteiger partial charge is 0.369 e. The predicted octanol–water partition coefficient (Wildman–Crippen LogP) is 3.32. The monoisotopic (exact) mass is 540 g/mol. The number of nitrogens with zero attached hydrogens (tertiary/aromatic N) is 7. The van der Waals surface area contributed by atoms with Crippen molar-refractivity contribution in [2.75, 3.05) is 37.8 Å². The van der Waals surface area contributed by atoms with Gasteiger partial charge in [-0.25, -0.2) is 19.3 Å². The highest BCUT2D eigenvalue weighted by Gasteiger charge is 2.33. The van der Waals surface area contributed by atoms with E-state index in [1.165, 1.54) is 36.8 Å². The highest BCUT2D eigenvalue weighted by molar-refractivity contribution is 6.02. The molecule has 2 N–H and O–H groups in total. The molecule has 13 heteroatoms. The molecule has 0 atom stereocenters. The summed E-state index contributed by atoms with van der Waals surface area (Å²) in [5.74, 6) is 1.71. The maximum Gasteiger partial charge on any atom is 0.369 e. The van der Waals surface area contributed by atoms with Gasteiger partial charge in [-0.05, 0) is 40.3 Å². The van der Waals surface area contributed by atoms with Crippen molar-refractivity contribution < 1.29 is 18.6 Å². The summed E-state index contributed by atoms with van der Waals surface area (Å²) in [7, 11) is 3.70. The van der Waals surface area contributed by atoms with Crippen molar-refractivity contribution >= 4 is 39.8 Å². The summed E-state index contributed by atoms with van der Waals surface area (Å²) >= 11 is 0. The molecular formula is C27H23FN9O3+. The molecule has 0 bridgehead atoms. The number of aromatic nitrogens is 3. The standard InChI is InChI=1S/C27H22FN9O3/c1-4-17-10-19(7-8-22(17)28)33-26-21-12-24(30-14-23(21)31-16-32-26)35-25(38)6-5-9-37(2,3)15-18-11-20(13-29)34-27(18)36(39)40/h1,5-8,10,12,14,16H,9,11,15H2,2-3H3,(H-,30,31,32,33,35,38)/p+1/b6-5+. The first-order chi connectivity index (χ1) is 19.1. The molecule has 200 valence electrons. The van der Waals surface area contributed by atoms with Gasteiger partial charge in [0.15, 0.2) is 0 Å². The lowest BCUT2D eigenvalue weighted by atomic mass is 10.1. The van der Waals surface area contributed by atoms with Gasteiger partial charge < -0.3 is 25.2 Å². The molecule has 1 aromatic carbocycles. The van der Waals surface area contributed by atoms with Crippen molar-refractivity contribution in [3.8, 4) is 18.4 Å². The average molecular weight is 541 g/mol. The number of pyridine rings is 1. The fourth-order valence-corrected chi connectivity index (χ4v) is 4.06. The summed E-state index contributed by atoms with van der Waals surface area (Å²) < 4.78 is 14.1. The zero-order valence-electron chi connectivity index (χ0n) is 21.6. The van der Waals surface area contributed by atoms with Crippen molar-refractivity contribution in [1.82, 2.24) is 15.0 Å². The minimum absolute atomic E-state index is 0.102. The van der Waals surface area contributed by atoms with Crippen LogP contribution in [0.5, 0.6) is 0 Å². The molecule has 40 heavy (non-hydrogen) atoms. The lowest BCUT2D eigenvalue weighted by Crippen LogP contribution is -2.41. The molecule has 0 saturated carbocycles. The maximum atomic E-state index is 13.8. The van der Waals surface area contributed by atoms with Gasteiger partial charge in [0.25, 0.3) is 0 Å². The number of terminal acetylenes is 1. The van der Waals surface area contributed by atoms with Crippen LogP contribution in [0.2, 0.25) is 0 Å². The third-order valence-corrected chi connectivity index (χ3v) is 5.89. The van der Waals surface area contributed by atoms with E-state index in [4.69, 9.17) is 11.7 Å². The van der Waals surface area contributed by atoms with Gasteiger partial charge in [-0.15, -0.1) is 6.42 Å². The lowest BCUT2D eigenvalue weighted by Gasteiger charge is -2.28. The number of nitrogens with one attached hydrogen (secondary N) is 2. The number of nitro groups is 1. The van der Waals surface area contributed by atoms with E-state index in [1.807, 2.05) is 20.2 Å². The number of anilines is 3. The molecule has 2 aromatic heterocycles. The van der Waals surface area contributed by atoms with E-state index in [0.717, 1.165) is 0 Å². The van der Waals surface area contributed by atoms with Gasteiger partial charge in [0.05, 0.1) is 49.9 Å². The highest BCUT2D eigenvalue weighted by Crippen LogP contribution is 2.26. The summed E-state index contributed by atoms with van der Waals surface area (Å²) in [6.07, 6.45) is 11.3. The zero-order valence-corrected chi connectivity index (χ0v) is 21.6. The Labute approximate surface area is 228 Å². The molecule has 1 aliphatic heterocycles. The van der Waals surface area contributed by atoms with Crippen LogP contribution in [0.15, 0.2) is 65.3 Å². The second-order valence-corrected chi connectivity index (χ2v) is 9.47. The number of fused-ring (bicyclic) bond motifs is 1. The number of halogens is 1. The van der Waals surface area contributed by atoms with Gasteiger partial charge in [-0.1, -0.05) is 5.92 Å². The van der Waals surface area contributed by atoms with Crippen LogP contribution in [0.1, 0.15) is 12.0 Å². The smallest absolute Gasteiger partial charge is 0.358 e. The first-order valence-corrected chi connectivity index (χ1v) is 11.9. The van der Waals surface area contributed by atoms with E-state index in [9.17, 15) is 19.3 Å². The lowest BCUT2D eigenvalue weighted by molar-refractivity contribution is -0.880. The number of likely N-dealkylation sites (N-methyl/N-ethyl adjacent to an activating group) is 1. The van der Waals surface area contributed by atoms with E-state index in [1.54, 1.807) is 12.1 Å². The van der Waals surface area contributed by atoms with Crippen LogP contribution in [-0.2, 0) is 4.79 Å². The molecule has 0 spiro atoms.